The zero-order chi connectivity index (χ0) is 19.3. The van der Waals surface area contributed by atoms with Crippen LogP contribution in [-0.2, 0) is 0 Å². The van der Waals surface area contributed by atoms with Gasteiger partial charge in [0.15, 0.2) is 0 Å². The Morgan fingerprint density at radius 3 is 2.43 bits per heavy atom. The number of rotatable bonds is 2. The van der Waals surface area contributed by atoms with Gasteiger partial charge in [0.05, 0.1) is 6.04 Å². The summed E-state index contributed by atoms with van der Waals surface area (Å²) in [5, 5.41) is 0.963. The molecule has 1 unspecified atom stereocenters. The van der Waals surface area contributed by atoms with E-state index in [9.17, 15) is 9.59 Å². The van der Waals surface area contributed by atoms with E-state index in [2.05, 4.69) is 4.98 Å². The van der Waals surface area contributed by atoms with Crippen molar-refractivity contribution in [1.29, 1.82) is 0 Å². The first-order valence-electron chi connectivity index (χ1n) is 9.03. The zero-order valence-corrected chi connectivity index (χ0v) is 14.9. The molecule has 0 spiro atoms. The molecule has 1 aliphatic heterocycles. The van der Waals surface area contributed by atoms with E-state index in [0.29, 0.717) is 5.56 Å². The van der Waals surface area contributed by atoms with Crippen molar-refractivity contribution in [3.63, 3.8) is 0 Å². The lowest BCUT2D eigenvalue weighted by Crippen LogP contribution is -2.39. The monoisotopic (exact) mass is 367 g/mol. The number of carbonyl (C=O) groups excluding carboxylic acids is 2. The SMILES string of the molecule is NC(=O)N1C(=O)c2ccc(-c3ccccc3)cc2C1c1c[nH]c2ccccc12. The molecule has 0 aliphatic carbocycles. The number of hydrogen-bond acceptors (Lipinski definition) is 2. The van der Waals surface area contributed by atoms with Gasteiger partial charge >= 0.3 is 6.03 Å². The maximum Gasteiger partial charge on any atom is 0.322 e. The molecule has 5 nitrogen and oxygen atoms in total. The van der Waals surface area contributed by atoms with Crippen LogP contribution in [0, 0.1) is 0 Å². The third-order valence-corrected chi connectivity index (χ3v) is 5.31. The summed E-state index contributed by atoms with van der Waals surface area (Å²) in [5.74, 6) is -0.364. The van der Waals surface area contributed by atoms with E-state index in [1.54, 1.807) is 6.07 Å². The summed E-state index contributed by atoms with van der Waals surface area (Å²) >= 11 is 0. The Morgan fingerprint density at radius 2 is 1.64 bits per heavy atom. The molecule has 1 atom stereocenters. The minimum absolute atomic E-state index is 0.364. The number of aromatic amines is 1. The predicted octanol–water partition coefficient (Wildman–Crippen LogP) is 4.46. The topological polar surface area (TPSA) is 79.2 Å². The fraction of sp³-hybridized carbons (Fsp3) is 0.0435. The lowest BCUT2D eigenvalue weighted by molar-refractivity contribution is 0.0808. The zero-order valence-electron chi connectivity index (χ0n) is 14.9. The normalized spacial score (nSPS) is 15.8. The molecule has 2 heterocycles. The second-order valence-electron chi connectivity index (χ2n) is 6.87. The predicted molar refractivity (Wildman–Crippen MR) is 108 cm³/mol. The van der Waals surface area contributed by atoms with Crippen LogP contribution in [0.25, 0.3) is 22.0 Å². The molecule has 5 rings (SSSR count). The number of hydrogen-bond donors (Lipinski definition) is 2. The number of aromatic nitrogens is 1. The Morgan fingerprint density at radius 1 is 0.893 bits per heavy atom. The van der Waals surface area contributed by atoms with Gasteiger partial charge in [-0.2, -0.15) is 0 Å². The number of imide groups is 1. The van der Waals surface area contributed by atoms with E-state index < -0.39 is 12.1 Å². The van der Waals surface area contributed by atoms with Gasteiger partial charge in [-0.05, 0) is 34.9 Å². The molecule has 1 aromatic heterocycles. The Bertz CT molecular complexity index is 1230. The van der Waals surface area contributed by atoms with Crippen molar-refractivity contribution < 1.29 is 9.59 Å². The van der Waals surface area contributed by atoms with Crippen LogP contribution in [0.4, 0.5) is 4.79 Å². The Balaban J connectivity index is 1.74. The number of fused-ring (bicyclic) bond motifs is 2. The number of amides is 3. The molecule has 0 radical (unpaired) electrons. The van der Waals surface area contributed by atoms with Crippen molar-refractivity contribution in [1.82, 2.24) is 9.88 Å². The number of primary amides is 1. The highest BCUT2D eigenvalue weighted by molar-refractivity contribution is 6.09. The van der Waals surface area contributed by atoms with Crippen LogP contribution in [0.15, 0.2) is 79.0 Å². The van der Waals surface area contributed by atoms with Crippen molar-refractivity contribution >= 4 is 22.8 Å². The summed E-state index contributed by atoms with van der Waals surface area (Å²) in [7, 11) is 0. The van der Waals surface area contributed by atoms with Gasteiger partial charge in [0, 0.05) is 28.2 Å². The van der Waals surface area contributed by atoms with Crippen molar-refractivity contribution in [2.45, 2.75) is 6.04 Å². The van der Waals surface area contributed by atoms with E-state index in [4.69, 9.17) is 5.73 Å². The lowest BCUT2D eigenvalue weighted by atomic mass is 9.94. The average Bonchev–Trinajstić information content (AvgIpc) is 3.27. The highest BCUT2D eigenvalue weighted by atomic mass is 16.2. The summed E-state index contributed by atoms with van der Waals surface area (Å²) < 4.78 is 0. The summed E-state index contributed by atoms with van der Waals surface area (Å²) in [4.78, 5) is 29.5. The number of carbonyl (C=O) groups is 2. The molecule has 3 aromatic carbocycles. The molecule has 4 aromatic rings. The number of nitrogens with zero attached hydrogens (tertiary/aromatic N) is 1. The van der Waals surface area contributed by atoms with E-state index >= 15 is 0 Å². The molecule has 3 N–H and O–H groups in total. The van der Waals surface area contributed by atoms with Crippen LogP contribution >= 0.6 is 0 Å². The molecule has 0 saturated carbocycles. The third-order valence-electron chi connectivity index (χ3n) is 5.31. The summed E-state index contributed by atoms with van der Waals surface area (Å²) in [5.41, 5.74) is 10.7. The largest absolute Gasteiger partial charge is 0.361 e. The van der Waals surface area contributed by atoms with Gasteiger partial charge in [-0.1, -0.05) is 54.6 Å². The quantitative estimate of drug-likeness (QED) is 0.549. The number of nitrogens with one attached hydrogen (secondary N) is 1. The number of H-pyrrole nitrogens is 1. The van der Waals surface area contributed by atoms with Crippen LogP contribution in [0.3, 0.4) is 0 Å². The third kappa shape index (κ3) is 2.33. The molecular formula is C23H17N3O2. The Labute approximate surface area is 161 Å². The smallest absolute Gasteiger partial charge is 0.322 e. The van der Waals surface area contributed by atoms with Crippen LogP contribution in [0.1, 0.15) is 27.5 Å². The first-order valence-corrected chi connectivity index (χ1v) is 9.03. The van der Waals surface area contributed by atoms with Gasteiger partial charge in [0.1, 0.15) is 0 Å². The maximum absolute atomic E-state index is 12.9. The van der Waals surface area contributed by atoms with Gasteiger partial charge in [-0.15, -0.1) is 0 Å². The standard InChI is InChI=1S/C23H17N3O2/c24-23(28)26-21(19-13-25-20-9-5-4-8-16(19)20)18-12-15(10-11-17(18)22(26)27)14-6-2-1-3-7-14/h1-13,21,25H,(H2,24,28). The lowest BCUT2D eigenvalue weighted by Gasteiger charge is -2.21. The summed E-state index contributed by atoms with van der Waals surface area (Å²) in [6.07, 6.45) is 1.85. The first kappa shape index (κ1) is 16.3. The fourth-order valence-electron chi connectivity index (χ4n) is 4.03. The molecule has 0 saturated heterocycles. The Kier molecular flexibility index (Phi) is 3.55. The van der Waals surface area contributed by atoms with Gasteiger partial charge in [0.2, 0.25) is 0 Å². The van der Waals surface area contributed by atoms with E-state index in [0.717, 1.165) is 38.1 Å². The molecule has 0 fully saturated rings. The van der Waals surface area contributed by atoms with E-state index in [-0.39, 0.29) is 5.91 Å². The van der Waals surface area contributed by atoms with Crippen LogP contribution < -0.4 is 5.73 Å². The van der Waals surface area contributed by atoms with Crippen molar-refractivity contribution in [2.75, 3.05) is 0 Å². The highest BCUT2D eigenvalue weighted by Gasteiger charge is 2.41. The summed E-state index contributed by atoms with van der Waals surface area (Å²) in [6, 6.07) is 22.1. The van der Waals surface area contributed by atoms with Crippen LogP contribution in [0.2, 0.25) is 0 Å². The van der Waals surface area contributed by atoms with Crippen LogP contribution in [-0.4, -0.2) is 21.8 Å². The first-order chi connectivity index (χ1) is 13.6. The molecular weight excluding hydrogens is 350 g/mol. The summed E-state index contributed by atoms with van der Waals surface area (Å²) in [6.45, 7) is 0. The number of para-hydroxylation sites is 1. The second kappa shape index (κ2) is 6.09. The van der Waals surface area contributed by atoms with Crippen molar-refractivity contribution in [3.05, 3.63) is 95.7 Å². The number of nitrogens with two attached hydrogens (primary N) is 1. The molecule has 0 bridgehead atoms. The average molecular weight is 367 g/mol. The van der Waals surface area contributed by atoms with E-state index in [1.165, 1.54) is 0 Å². The maximum atomic E-state index is 12.9. The van der Waals surface area contributed by atoms with Crippen molar-refractivity contribution in [2.24, 2.45) is 5.73 Å². The van der Waals surface area contributed by atoms with Gasteiger partial charge in [-0.3, -0.25) is 4.79 Å². The minimum atomic E-state index is -0.752. The molecule has 28 heavy (non-hydrogen) atoms. The number of benzene rings is 3. The fourth-order valence-corrected chi connectivity index (χ4v) is 4.03. The van der Waals surface area contributed by atoms with Gasteiger partial charge in [0.25, 0.3) is 5.91 Å². The number of urea groups is 1. The Hall–Kier alpha value is -3.86. The van der Waals surface area contributed by atoms with Crippen molar-refractivity contribution in [3.8, 4) is 11.1 Å². The minimum Gasteiger partial charge on any atom is -0.361 e. The second-order valence-corrected chi connectivity index (χ2v) is 6.87. The highest BCUT2D eigenvalue weighted by Crippen LogP contribution is 2.42. The molecule has 136 valence electrons. The molecule has 1 aliphatic rings. The van der Waals surface area contributed by atoms with Gasteiger partial charge < -0.3 is 10.7 Å². The molecule has 3 amide bonds. The van der Waals surface area contributed by atoms with Crippen LogP contribution in [0.5, 0.6) is 0 Å². The van der Waals surface area contributed by atoms with Gasteiger partial charge in [-0.25, -0.2) is 9.69 Å². The van der Waals surface area contributed by atoms with E-state index in [1.807, 2.05) is 72.9 Å². The molecule has 5 heteroatoms.